The third-order valence-electron chi connectivity index (χ3n) is 9.00. The van der Waals surface area contributed by atoms with Crippen molar-refractivity contribution in [3.63, 3.8) is 0 Å². The van der Waals surface area contributed by atoms with Crippen LogP contribution in [0.5, 0.6) is 0 Å². The van der Waals surface area contributed by atoms with E-state index in [1.807, 2.05) is 25.8 Å². The number of aromatic nitrogens is 2. The van der Waals surface area contributed by atoms with E-state index in [1.165, 1.54) is 61.6 Å². The molecular weight excluding hydrogens is 688 g/mol. The fraction of sp³-hybridized carbons (Fsp3) is 0.425. The van der Waals surface area contributed by atoms with Crippen molar-refractivity contribution in [2.75, 3.05) is 58.6 Å². The third-order valence-corrected chi connectivity index (χ3v) is 9.22. The molecule has 0 saturated heterocycles. The van der Waals surface area contributed by atoms with E-state index in [4.69, 9.17) is 31.6 Å². The molecule has 1 fully saturated rings. The summed E-state index contributed by atoms with van der Waals surface area (Å²) in [6, 6.07) is 12.1. The minimum absolute atomic E-state index is 0.0828. The minimum Gasteiger partial charge on any atom is -0.388 e. The highest BCUT2D eigenvalue weighted by Crippen LogP contribution is 2.35. The Kier molecular flexibility index (Phi) is 20.0. The Hall–Kier alpha value is -4.00. The highest BCUT2D eigenvalue weighted by molar-refractivity contribution is 6.30. The van der Waals surface area contributed by atoms with E-state index in [9.17, 15) is 13.9 Å². The molecule has 1 atom stereocenters. The molecule has 52 heavy (non-hydrogen) atoms. The SMILES string of the molecule is C=C.C=O.CNc1ccc(F)c(-c2ccc3nc(N)ncc3c2)c1F.COCCN(CCOC)C1CCCCC1.Cc1cc(Cl)cc2c1CCC2O. The normalized spacial score (nSPS) is 14.8. The number of aliphatic hydroxyl groups excluding tert-OH is 1. The van der Waals surface area contributed by atoms with Crippen LogP contribution in [0.15, 0.2) is 61.8 Å². The number of nitrogens with two attached hydrogens (primary N) is 1. The number of nitrogens with one attached hydrogen (secondary N) is 1. The molecule has 0 aliphatic heterocycles. The molecule has 0 amide bonds. The zero-order valence-electron chi connectivity index (χ0n) is 30.9. The number of benzene rings is 3. The molecule has 0 bridgehead atoms. The monoisotopic (exact) mass is 741 g/mol. The smallest absolute Gasteiger partial charge is 0.220 e. The number of carbonyl (C=O) groups is 1. The van der Waals surface area contributed by atoms with Crippen molar-refractivity contribution in [2.45, 2.75) is 64.0 Å². The van der Waals surface area contributed by atoms with E-state index in [-0.39, 0.29) is 23.3 Å². The number of aliphatic hydroxyl groups is 1. The predicted octanol–water partition coefficient (Wildman–Crippen LogP) is 8.36. The first kappa shape index (κ1) is 44.2. The molecule has 4 aromatic rings. The van der Waals surface area contributed by atoms with Crippen LogP contribution in [-0.4, -0.2) is 80.4 Å². The van der Waals surface area contributed by atoms with Gasteiger partial charge in [-0.2, -0.15) is 0 Å². The Morgan fingerprint density at radius 1 is 1.00 bits per heavy atom. The topological polar surface area (TPSA) is 123 Å². The van der Waals surface area contributed by atoms with Gasteiger partial charge in [0.15, 0.2) is 5.82 Å². The van der Waals surface area contributed by atoms with Gasteiger partial charge in [0, 0.05) is 57.0 Å². The summed E-state index contributed by atoms with van der Waals surface area (Å²) in [6.07, 6.45) is 9.97. The first-order valence-electron chi connectivity index (χ1n) is 17.3. The van der Waals surface area contributed by atoms with Crippen LogP contribution >= 0.6 is 11.6 Å². The standard InChI is InChI=1S/C15H12F2N4.C12H25NO2.C10H11ClO.C2H4.CH2O/c1-19-12-5-3-10(16)13(14(12)17)8-2-4-11-9(6-8)7-20-15(18)21-11;1-14-10-8-13(9-11-15-2)12-6-4-3-5-7-12;1-6-4-7(11)5-9-8(6)2-3-10(9)12;2*1-2/h2-7,19H,1H3,(H2,18,20,21);12H,3-11H2,1-2H3;4-5,10,12H,2-3H2,1H3;1-2H2;1H2. The number of rotatable bonds is 9. The Bertz CT molecular complexity index is 1670. The van der Waals surface area contributed by atoms with Crippen molar-refractivity contribution >= 4 is 40.9 Å². The van der Waals surface area contributed by atoms with E-state index in [0.717, 1.165) is 55.8 Å². The number of methoxy groups -OCH3 is 2. The second kappa shape index (κ2) is 23.5. The average Bonchev–Trinajstić information content (AvgIpc) is 3.54. The summed E-state index contributed by atoms with van der Waals surface area (Å²) in [7, 11) is 5.13. The Morgan fingerprint density at radius 2 is 1.65 bits per heavy atom. The molecule has 1 unspecified atom stereocenters. The summed E-state index contributed by atoms with van der Waals surface area (Å²) < 4.78 is 38.6. The number of nitrogens with zero attached hydrogens (tertiary/aromatic N) is 3. The van der Waals surface area contributed by atoms with Crippen LogP contribution < -0.4 is 11.1 Å². The van der Waals surface area contributed by atoms with Gasteiger partial charge in [0.25, 0.3) is 0 Å². The van der Waals surface area contributed by atoms with Gasteiger partial charge >= 0.3 is 0 Å². The number of halogens is 3. The molecule has 2 aliphatic carbocycles. The first-order valence-corrected chi connectivity index (χ1v) is 17.7. The fourth-order valence-electron chi connectivity index (χ4n) is 6.43. The van der Waals surface area contributed by atoms with E-state index in [2.05, 4.69) is 33.3 Å². The summed E-state index contributed by atoms with van der Waals surface area (Å²) >= 11 is 5.88. The van der Waals surface area contributed by atoms with Crippen LogP contribution in [0.2, 0.25) is 5.02 Å². The number of aryl methyl sites for hydroxylation is 1. The van der Waals surface area contributed by atoms with Gasteiger partial charge in [-0.15, -0.1) is 13.2 Å². The van der Waals surface area contributed by atoms with Crippen molar-refractivity contribution < 1.29 is 28.2 Å². The first-order chi connectivity index (χ1) is 25.2. The largest absolute Gasteiger partial charge is 0.388 e. The summed E-state index contributed by atoms with van der Waals surface area (Å²) in [5, 5.41) is 13.7. The average molecular weight is 742 g/mol. The number of anilines is 2. The highest BCUT2D eigenvalue weighted by atomic mass is 35.5. The molecule has 1 heterocycles. The van der Waals surface area contributed by atoms with E-state index >= 15 is 0 Å². The molecule has 2 aliphatic rings. The molecule has 1 aromatic heterocycles. The molecule has 3 aromatic carbocycles. The number of fused-ring (bicyclic) bond motifs is 2. The van der Waals surface area contributed by atoms with Gasteiger partial charge in [0.1, 0.15) is 12.6 Å². The van der Waals surface area contributed by atoms with Crippen molar-refractivity contribution in [1.29, 1.82) is 0 Å². The zero-order valence-corrected chi connectivity index (χ0v) is 31.7. The summed E-state index contributed by atoms with van der Waals surface area (Å²) in [5.74, 6) is -1.10. The second-order valence-electron chi connectivity index (χ2n) is 12.2. The van der Waals surface area contributed by atoms with Crippen molar-refractivity contribution in [2.24, 2.45) is 0 Å². The van der Waals surface area contributed by atoms with Crippen LogP contribution in [0.25, 0.3) is 22.0 Å². The second-order valence-corrected chi connectivity index (χ2v) is 12.6. The third kappa shape index (κ3) is 12.6. The molecule has 9 nitrogen and oxygen atoms in total. The molecule has 6 rings (SSSR count). The summed E-state index contributed by atoms with van der Waals surface area (Å²) in [5.41, 5.74) is 10.2. The Balaban J connectivity index is 0.000000267. The van der Waals surface area contributed by atoms with Crippen molar-refractivity contribution in [3.8, 4) is 11.1 Å². The zero-order chi connectivity index (χ0) is 38.6. The lowest BCUT2D eigenvalue weighted by molar-refractivity contribution is -0.0980. The molecule has 1 saturated carbocycles. The molecule has 12 heteroatoms. The minimum atomic E-state index is -0.631. The van der Waals surface area contributed by atoms with Crippen LogP contribution in [0, 0.1) is 18.6 Å². The molecule has 0 radical (unpaired) electrons. The van der Waals surface area contributed by atoms with Gasteiger partial charge < -0.3 is 30.4 Å². The van der Waals surface area contributed by atoms with Gasteiger partial charge in [-0.25, -0.2) is 18.7 Å². The van der Waals surface area contributed by atoms with Gasteiger partial charge in [0.05, 0.1) is 36.1 Å². The highest BCUT2D eigenvalue weighted by Gasteiger charge is 2.22. The Morgan fingerprint density at radius 3 is 2.27 bits per heavy atom. The number of ether oxygens (including phenoxy) is 2. The lowest BCUT2D eigenvalue weighted by Gasteiger charge is -2.34. The maximum absolute atomic E-state index is 14.3. The van der Waals surface area contributed by atoms with E-state index < -0.39 is 11.6 Å². The van der Waals surface area contributed by atoms with Gasteiger partial charge in [-0.1, -0.05) is 36.9 Å². The van der Waals surface area contributed by atoms with Crippen LogP contribution in [-0.2, 0) is 20.7 Å². The lowest BCUT2D eigenvalue weighted by Crippen LogP contribution is -2.40. The Labute approximate surface area is 312 Å². The van der Waals surface area contributed by atoms with Crippen LogP contribution in [0.3, 0.4) is 0 Å². The number of hydrogen-bond acceptors (Lipinski definition) is 9. The van der Waals surface area contributed by atoms with E-state index in [0.29, 0.717) is 16.5 Å². The van der Waals surface area contributed by atoms with Crippen molar-refractivity contribution in [1.82, 2.24) is 14.9 Å². The maximum Gasteiger partial charge on any atom is 0.220 e. The number of carbonyl (C=O) groups excluding carboxylic acids is 1. The maximum atomic E-state index is 14.3. The number of hydrogen-bond donors (Lipinski definition) is 3. The van der Waals surface area contributed by atoms with Gasteiger partial charge in [-0.3, -0.25) is 4.90 Å². The number of nitrogen functional groups attached to an aromatic ring is 1. The summed E-state index contributed by atoms with van der Waals surface area (Å²) in [4.78, 5) is 18.5. The molecule has 0 spiro atoms. The van der Waals surface area contributed by atoms with Crippen molar-refractivity contribution in [3.05, 3.63) is 95.2 Å². The predicted molar refractivity (Wildman–Crippen MR) is 209 cm³/mol. The lowest BCUT2D eigenvalue weighted by atomic mass is 9.94. The quantitative estimate of drug-likeness (QED) is 0.145. The van der Waals surface area contributed by atoms with Crippen LogP contribution in [0.1, 0.15) is 61.3 Å². The van der Waals surface area contributed by atoms with Gasteiger partial charge in [-0.05, 0) is 91.3 Å². The summed E-state index contributed by atoms with van der Waals surface area (Å²) in [6.45, 7) is 13.8. The fourth-order valence-corrected chi connectivity index (χ4v) is 6.71. The molecular formula is C40H54ClF2N5O4. The molecule has 284 valence electrons. The molecule has 4 N–H and O–H groups in total. The van der Waals surface area contributed by atoms with Gasteiger partial charge in [0.2, 0.25) is 5.95 Å². The van der Waals surface area contributed by atoms with Crippen LogP contribution in [0.4, 0.5) is 20.4 Å². The van der Waals surface area contributed by atoms with E-state index in [1.54, 1.807) is 39.5 Å².